The Hall–Kier alpha value is -2.38. The molecule has 0 bridgehead atoms. The fourth-order valence-electron chi connectivity index (χ4n) is 2.73. The Morgan fingerprint density at radius 1 is 1.30 bits per heavy atom. The molecule has 0 amide bonds. The summed E-state index contributed by atoms with van der Waals surface area (Å²) in [4.78, 5) is 12.8. The van der Waals surface area contributed by atoms with E-state index in [-0.39, 0.29) is 12.5 Å². The monoisotopic (exact) mass is 317 g/mol. The zero-order valence-electron chi connectivity index (χ0n) is 12.6. The lowest BCUT2D eigenvalue weighted by molar-refractivity contribution is -0.136. The van der Waals surface area contributed by atoms with E-state index < -0.39 is 12.1 Å². The fraction of sp³-hybridized carbons (Fsp3) is 0.375. The van der Waals surface area contributed by atoms with E-state index in [9.17, 15) is 9.90 Å². The second kappa shape index (κ2) is 6.80. The molecule has 122 valence electrons. The molecule has 7 heteroatoms. The molecule has 0 saturated carbocycles. The molecule has 0 radical (unpaired) electrons. The number of β-amino-alcohol motifs (C(OH)–C–C–N with tert-alkyl or cyclic N) is 1. The summed E-state index contributed by atoms with van der Waals surface area (Å²) in [6, 6.07) is 8.84. The van der Waals surface area contributed by atoms with Crippen molar-refractivity contribution in [2.45, 2.75) is 25.2 Å². The van der Waals surface area contributed by atoms with Crippen LogP contribution in [0.4, 0.5) is 0 Å². The van der Waals surface area contributed by atoms with Gasteiger partial charge >= 0.3 is 5.97 Å². The molecule has 0 aliphatic carbocycles. The first-order valence-corrected chi connectivity index (χ1v) is 7.46. The molecule has 1 aromatic heterocycles. The van der Waals surface area contributed by atoms with Gasteiger partial charge in [0.2, 0.25) is 0 Å². The van der Waals surface area contributed by atoms with Gasteiger partial charge in [-0.15, -0.1) is 0 Å². The number of aliphatic hydroxyl groups excluding tert-OH is 1. The van der Waals surface area contributed by atoms with Crippen molar-refractivity contribution >= 4 is 5.97 Å². The number of aromatic amines is 1. The summed E-state index contributed by atoms with van der Waals surface area (Å²) in [7, 11) is 0. The summed E-state index contributed by atoms with van der Waals surface area (Å²) >= 11 is 0. The molecule has 2 atom stereocenters. The van der Waals surface area contributed by atoms with Gasteiger partial charge < -0.3 is 14.9 Å². The van der Waals surface area contributed by atoms with E-state index >= 15 is 0 Å². The summed E-state index contributed by atoms with van der Waals surface area (Å²) in [5.74, 6) is -0.231. The maximum atomic E-state index is 10.7. The number of carbonyl (C=O) groups is 1. The number of aromatic nitrogens is 2. The van der Waals surface area contributed by atoms with Crippen LogP contribution in [0.25, 0.3) is 0 Å². The van der Waals surface area contributed by atoms with Crippen LogP contribution in [-0.4, -0.2) is 56.6 Å². The minimum Gasteiger partial charge on any atom is -0.486 e. The minimum absolute atomic E-state index is 0.00963. The summed E-state index contributed by atoms with van der Waals surface area (Å²) in [5, 5.41) is 25.7. The number of carboxylic acid groups (broad SMARTS) is 1. The van der Waals surface area contributed by atoms with E-state index in [2.05, 4.69) is 15.1 Å². The maximum absolute atomic E-state index is 10.7. The van der Waals surface area contributed by atoms with Crippen LogP contribution in [0.5, 0.6) is 5.75 Å². The molecule has 0 spiro atoms. The molecule has 1 aliphatic heterocycles. The molecule has 1 saturated heterocycles. The van der Waals surface area contributed by atoms with E-state index in [1.54, 1.807) is 30.5 Å². The molecule has 3 N–H and O–H groups in total. The zero-order valence-corrected chi connectivity index (χ0v) is 12.6. The Balaban J connectivity index is 1.56. The van der Waals surface area contributed by atoms with Gasteiger partial charge in [-0.05, 0) is 23.8 Å². The zero-order chi connectivity index (χ0) is 16.2. The number of nitrogens with one attached hydrogen (secondary N) is 1. The first-order valence-electron chi connectivity index (χ1n) is 7.46. The van der Waals surface area contributed by atoms with Crippen molar-refractivity contribution in [3.05, 3.63) is 47.8 Å². The van der Waals surface area contributed by atoms with Gasteiger partial charge in [-0.1, -0.05) is 12.1 Å². The molecule has 3 rings (SSSR count). The molecule has 1 aliphatic rings. The molecule has 2 aromatic rings. The van der Waals surface area contributed by atoms with Crippen molar-refractivity contribution in [3.63, 3.8) is 0 Å². The Bertz CT molecular complexity index is 642. The van der Waals surface area contributed by atoms with Crippen molar-refractivity contribution in [1.82, 2.24) is 15.1 Å². The van der Waals surface area contributed by atoms with Gasteiger partial charge in [-0.2, -0.15) is 5.10 Å². The largest absolute Gasteiger partial charge is 0.486 e. The van der Waals surface area contributed by atoms with Crippen LogP contribution in [0, 0.1) is 0 Å². The first kappa shape index (κ1) is 15.5. The average Bonchev–Trinajstić information content (AvgIpc) is 3.12. The number of benzene rings is 1. The SMILES string of the molecule is O=C(O)Cc1ccc(O[C@@H]2CN(Cc3ccn[nH]3)C[C@H]2O)cc1. The van der Waals surface area contributed by atoms with Gasteiger partial charge in [-0.3, -0.25) is 14.8 Å². The Morgan fingerprint density at radius 2 is 2.09 bits per heavy atom. The number of aliphatic hydroxyl groups is 1. The quantitative estimate of drug-likeness (QED) is 0.724. The Morgan fingerprint density at radius 3 is 2.74 bits per heavy atom. The summed E-state index contributed by atoms with van der Waals surface area (Å²) in [5.41, 5.74) is 1.72. The maximum Gasteiger partial charge on any atom is 0.307 e. The van der Waals surface area contributed by atoms with Crippen molar-refractivity contribution in [2.24, 2.45) is 0 Å². The highest BCUT2D eigenvalue weighted by molar-refractivity contribution is 5.70. The number of carboxylic acids is 1. The van der Waals surface area contributed by atoms with Crippen LogP contribution in [0.15, 0.2) is 36.5 Å². The van der Waals surface area contributed by atoms with E-state index in [0.29, 0.717) is 25.4 Å². The highest BCUT2D eigenvalue weighted by Crippen LogP contribution is 2.20. The molecule has 23 heavy (non-hydrogen) atoms. The molecular weight excluding hydrogens is 298 g/mol. The molecule has 1 fully saturated rings. The van der Waals surface area contributed by atoms with E-state index in [1.807, 2.05) is 6.07 Å². The van der Waals surface area contributed by atoms with Crippen molar-refractivity contribution in [3.8, 4) is 5.75 Å². The van der Waals surface area contributed by atoms with Gasteiger partial charge in [0.25, 0.3) is 0 Å². The van der Waals surface area contributed by atoms with Crippen LogP contribution < -0.4 is 4.74 Å². The minimum atomic E-state index is -0.862. The van der Waals surface area contributed by atoms with Crippen molar-refractivity contribution < 1.29 is 19.7 Å². The summed E-state index contributed by atoms with van der Waals surface area (Å²) < 4.78 is 5.83. The van der Waals surface area contributed by atoms with E-state index in [4.69, 9.17) is 9.84 Å². The molecule has 0 unspecified atom stereocenters. The number of rotatable bonds is 6. The van der Waals surface area contributed by atoms with Gasteiger partial charge in [0, 0.05) is 31.5 Å². The second-order valence-electron chi connectivity index (χ2n) is 5.71. The van der Waals surface area contributed by atoms with Crippen molar-refractivity contribution in [1.29, 1.82) is 0 Å². The summed E-state index contributed by atoms with van der Waals surface area (Å²) in [6.45, 7) is 1.85. The smallest absolute Gasteiger partial charge is 0.307 e. The first-order chi connectivity index (χ1) is 11.1. The number of aliphatic carboxylic acids is 1. The van der Waals surface area contributed by atoms with Gasteiger partial charge in [-0.25, -0.2) is 0 Å². The van der Waals surface area contributed by atoms with Crippen LogP contribution in [-0.2, 0) is 17.8 Å². The lowest BCUT2D eigenvalue weighted by atomic mass is 10.1. The standard InChI is InChI=1S/C16H19N3O4/c20-14-9-19(8-12-5-6-17-18-12)10-15(14)23-13-3-1-11(2-4-13)7-16(21)22/h1-6,14-15,20H,7-10H2,(H,17,18)(H,21,22)/t14-,15-/m1/s1. The average molecular weight is 317 g/mol. The molecule has 2 heterocycles. The number of H-pyrrole nitrogens is 1. The Labute approximate surface area is 133 Å². The van der Waals surface area contributed by atoms with Gasteiger partial charge in [0.1, 0.15) is 18.0 Å². The van der Waals surface area contributed by atoms with Gasteiger partial charge in [0.15, 0.2) is 0 Å². The van der Waals surface area contributed by atoms with E-state index in [0.717, 1.165) is 11.3 Å². The number of hydrogen-bond donors (Lipinski definition) is 3. The number of nitrogens with zero attached hydrogens (tertiary/aromatic N) is 2. The third-order valence-corrected chi connectivity index (χ3v) is 3.83. The van der Waals surface area contributed by atoms with Crippen LogP contribution in [0.2, 0.25) is 0 Å². The molecule has 1 aromatic carbocycles. The van der Waals surface area contributed by atoms with Crippen molar-refractivity contribution in [2.75, 3.05) is 13.1 Å². The third kappa shape index (κ3) is 4.08. The fourth-order valence-corrected chi connectivity index (χ4v) is 2.73. The van der Waals surface area contributed by atoms with Crippen LogP contribution in [0.3, 0.4) is 0 Å². The highest BCUT2D eigenvalue weighted by atomic mass is 16.5. The third-order valence-electron chi connectivity index (χ3n) is 3.83. The Kier molecular flexibility index (Phi) is 4.59. The van der Waals surface area contributed by atoms with Crippen LogP contribution >= 0.6 is 0 Å². The number of hydrogen-bond acceptors (Lipinski definition) is 5. The highest BCUT2D eigenvalue weighted by Gasteiger charge is 2.33. The summed E-state index contributed by atoms with van der Waals surface area (Å²) in [6.07, 6.45) is 0.832. The van der Waals surface area contributed by atoms with Gasteiger partial charge in [0.05, 0.1) is 6.42 Å². The second-order valence-corrected chi connectivity index (χ2v) is 5.71. The normalized spacial score (nSPS) is 21.4. The lowest BCUT2D eigenvalue weighted by Crippen LogP contribution is -2.29. The van der Waals surface area contributed by atoms with E-state index in [1.165, 1.54) is 0 Å². The topological polar surface area (TPSA) is 98.7 Å². The number of likely N-dealkylation sites (tertiary alicyclic amines) is 1. The molecule has 7 nitrogen and oxygen atoms in total. The van der Waals surface area contributed by atoms with Crippen LogP contribution in [0.1, 0.15) is 11.3 Å². The predicted octanol–water partition coefficient (Wildman–Crippen LogP) is 0.661. The number of ether oxygens (including phenoxy) is 1. The predicted molar refractivity (Wildman–Crippen MR) is 82.1 cm³/mol. The molecular formula is C16H19N3O4. The lowest BCUT2D eigenvalue weighted by Gasteiger charge is -2.17.